The molecule has 2 unspecified atom stereocenters. The minimum Gasteiger partial charge on any atom is -0.342 e. The molecule has 0 radical (unpaired) electrons. The van der Waals surface area contributed by atoms with Crippen LogP contribution in [0.1, 0.15) is 20.3 Å². The van der Waals surface area contributed by atoms with Gasteiger partial charge in [-0.05, 0) is 20.9 Å². The van der Waals surface area contributed by atoms with Crippen molar-refractivity contribution in [1.29, 1.82) is 0 Å². The Kier molecular flexibility index (Phi) is 4.54. The summed E-state index contributed by atoms with van der Waals surface area (Å²) in [5.41, 5.74) is 0. The summed E-state index contributed by atoms with van der Waals surface area (Å²) in [6, 6.07) is 0.805. The predicted octanol–water partition coefficient (Wildman–Crippen LogP) is 0.147. The average Bonchev–Trinajstić information content (AvgIpc) is 2.33. The minimum absolute atomic E-state index is 0.266. The monoisotopic (exact) mass is 213 g/mol. The first-order valence-electron chi connectivity index (χ1n) is 5.70. The highest BCUT2D eigenvalue weighted by molar-refractivity contribution is 5.76. The van der Waals surface area contributed by atoms with Crippen LogP contribution in [0.5, 0.6) is 0 Å². The molecule has 88 valence electrons. The minimum atomic E-state index is 0.266. The summed E-state index contributed by atoms with van der Waals surface area (Å²) in [5, 5.41) is 3.23. The molecule has 4 nitrogen and oxygen atoms in total. The molecule has 0 aromatic carbocycles. The fourth-order valence-corrected chi connectivity index (χ4v) is 1.91. The highest BCUT2D eigenvalue weighted by atomic mass is 16.2. The number of likely N-dealkylation sites (N-methyl/N-ethyl adjacent to an activating group) is 2. The van der Waals surface area contributed by atoms with Gasteiger partial charge in [0.05, 0.1) is 0 Å². The van der Waals surface area contributed by atoms with Gasteiger partial charge in [0.2, 0.25) is 5.91 Å². The molecular formula is C11H23N3O. The van der Waals surface area contributed by atoms with Gasteiger partial charge in [0.25, 0.3) is 0 Å². The maximum absolute atomic E-state index is 11.6. The van der Waals surface area contributed by atoms with Gasteiger partial charge in [0, 0.05) is 45.2 Å². The maximum Gasteiger partial charge on any atom is 0.223 e. The van der Waals surface area contributed by atoms with E-state index in [4.69, 9.17) is 0 Å². The number of hydrogen-bond acceptors (Lipinski definition) is 3. The van der Waals surface area contributed by atoms with Crippen LogP contribution >= 0.6 is 0 Å². The molecule has 1 aliphatic rings. The molecule has 4 heteroatoms. The molecule has 0 saturated carbocycles. The van der Waals surface area contributed by atoms with Gasteiger partial charge in [-0.1, -0.05) is 0 Å². The van der Waals surface area contributed by atoms with Crippen molar-refractivity contribution in [2.24, 2.45) is 0 Å². The van der Waals surface area contributed by atoms with E-state index in [1.54, 1.807) is 0 Å². The quantitative estimate of drug-likeness (QED) is 0.725. The number of carbonyl (C=O) groups is 1. The van der Waals surface area contributed by atoms with Crippen LogP contribution in [0.15, 0.2) is 0 Å². The third-order valence-corrected chi connectivity index (χ3v) is 3.24. The lowest BCUT2D eigenvalue weighted by atomic mass is 10.2. The van der Waals surface area contributed by atoms with Crippen LogP contribution in [-0.2, 0) is 4.79 Å². The zero-order chi connectivity index (χ0) is 11.4. The summed E-state index contributed by atoms with van der Waals surface area (Å²) in [4.78, 5) is 15.8. The van der Waals surface area contributed by atoms with Crippen LogP contribution in [0.4, 0.5) is 0 Å². The number of hydrogen-bond donors (Lipinski definition) is 1. The van der Waals surface area contributed by atoms with Crippen LogP contribution in [-0.4, -0.2) is 61.5 Å². The number of amides is 1. The molecule has 1 amide bonds. The van der Waals surface area contributed by atoms with E-state index in [1.807, 2.05) is 19.0 Å². The first kappa shape index (κ1) is 12.5. The van der Waals surface area contributed by atoms with E-state index in [2.05, 4.69) is 24.1 Å². The van der Waals surface area contributed by atoms with Crippen LogP contribution in [0.2, 0.25) is 0 Å². The van der Waals surface area contributed by atoms with E-state index in [0.717, 1.165) is 19.6 Å². The Bertz CT molecular complexity index is 220. The van der Waals surface area contributed by atoms with Gasteiger partial charge < -0.3 is 10.2 Å². The number of carbonyl (C=O) groups excluding carboxylic acids is 1. The van der Waals surface area contributed by atoms with Crippen molar-refractivity contribution in [2.45, 2.75) is 32.4 Å². The molecule has 1 heterocycles. The zero-order valence-corrected chi connectivity index (χ0v) is 10.3. The van der Waals surface area contributed by atoms with Crippen LogP contribution < -0.4 is 5.32 Å². The van der Waals surface area contributed by atoms with Gasteiger partial charge in [-0.15, -0.1) is 0 Å². The molecule has 2 atom stereocenters. The molecule has 0 spiro atoms. The highest BCUT2D eigenvalue weighted by Crippen LogP contribution is 2.09. The fourth-order valence-electron chi connectivity index (χ4n) is 1.91. The lowest BCUT2D eigenvalue weighted by Gasteiger charge is -2.27. The number of rotatable bonds is 3. The number of nitrogens with zero attached hydrogens (tertiary/aromatic N) is 2. The highest BCUT2D eigenvalue weighted by Gasteiger charge is 2.24. The van der Waals surface area contributed by atoms with E-state index < -0.39 is 0 Å². The predicted molar refractivity (Wildman–Crippen MR) is 61.8 cm³/mol. The van der Waals surface area contributed by atoms with E-state index in [-0.39, 0.29) is 5.91 Å². The molecule has 1 aliphatic heterocycles. The van der Waals surface area contributed by atoms with Gasteiger partial charge in [-0.2, -0.15) is 0 Å². The first-order valence-corrected chi connectivity index (χ1v) is 5.70. The second-order valence-electron chi connectivity index (χ2n) is 4.55. The van der Waals surface area contributed by atoms with Gasteiger partial charge in [0.15, 0.2) is 0 Å². The van der Waals surface area contributed by atoms with Crippen molar-refractivity contribution in [3.8, 4) is 0 Å². The van der Waals surface area contributed by atoms with Gasteiger partial charge in [-0.3, -0.25) is 9.69 Å². The SMILES string of the molecule is CNC(C)CN1CCC(=O)N(C)C(C)C1. The second kappa shape index (κ2) is 5.47. The molecule has 0 aliphatic carbocycles. The zero-order valence-electron chi connectivity index (χ0n) is 10.3. The Morgan fingerprint density at radius 3 is 2.87 bits per heavy atom. The molecule has 0 aromatic rings. The van der Waals surface area contributed by atoms with Crippen LogP contribution in [0, 0.1) is 0 Å². The Labute approximate surface area is 92.6 Å². The maximum atomic E-state index is 11.6. The molecule has 15 heavy (non-hydrogen) atoms. The Morgan fingerprint density at radius 2 is 2.27 bits per heavy atom. The van der Waals surface area contributed by atoms with Crippen LogP contribution in [0.25, 0.3) is 0 Å². The summed E-state index contributed by atoms with van der Waals surface area (Å²) in [5.74, 6) is 0.266. The Balaban J connectivity index is 2.51. The normalized spacial score (nSPS) is 26.5. The fraction of sp³-hybridized carbons (Fsp3) is 0.909. The molecule has 1 saturated heterocycles. The van der Waals surface area contributed by atoms with Crippen molar-refractivity contribution in [3.63, 3.8) is 0 Å². The molecule has 1 rings (SSSR count). The summed E-state index contributed by atoms with van der Waals surface area (Å²) < 4.78 is 0. The summed E-state index contributed by atoms with van der Waals surface area (Å²) in [7, 11) is 3.88. The summed E-state index contributed by atoms with van der Waals surface area (Å²) in [6.07, 6.45) is 0.650. The summed E-state index contributed by atoms with van der Waals surface area (Å²) in [6.45, 7) is 7.16. The average molecular weight is 213 g/mol. The van der Waals surface area contributed by atoms with E-state index >= 15 is 0 Å². The lowest BCUT2D eigenvalue weighted by molar-refractivity contribution is -0.130. The Hall–Kier alpha value is -0.610. The van der Waals surface area contributed by atoms with E-state index in [1.165, 1.54) is 0 Å². The largest absolute Gasteiger partial charge is 0.342 e. The molecule has 1 fully saturated rings. The van der Waals surface area contributed by atoms with Crippen molar-refractivity contribution in [1.82, 2.24) is 15.1 Å². The van der Waals surface area contributed by atoms with E-state index in [9.17, 15) is 4.79 Å². The summed E-state index contributed by atoms with van der Waals surface area (Å²) >= 11 is 0. The third kappa shape index (κ3) is 3.47. The first-order chi connectivity index (χ1) is 7.04. The smallest absolute Gasteiger partial charge is 0.223 e. The van der Waals surface area contributed by atoms with Crippen LogP contribution in [0.3, 0.4) is 0 Å². The van der Waals surface area contributed by atoms with Crippen molar-refractivity contribution >= 4 is 5.91 Å². The topological polar surface area (TPSA) is 35.6 Å². The van der Waals surface area contributed by atoms with Crippen molar-refractivity contribution < 1.29 is 4.79 Å². The van der Waals surface area contributed by atoms with Crippen molar-refractivity contribution in [2.75, 3.05) is 33.7 Å². The molecule has 0 bridgehead atoms. The second-order valence-corrected chi connectivity index (χ2v) is 4.55. The van der Waals surface area contributed by atoms with Gasteiger partial charge in [0.1, 0.15) is 0 Å². The molecule has 0 aromatic heterocycles. The Morgan fingerprint density at radius 1 is 1.60 bits per heavy atom. The van der Waals surface area contributed by atoms with Crippen molar-refractivity contribution in [3.05, 3.63) is 0 Å². The van der Waals surface area contributed by atoms with E-state index in [0.29, 0.717) is 18.5 Å². The molecular weight excluding hydrogens is 190 g/mol. The number of nitrogens with one attached hydrogen (secondary N) is 1. The third-order valence-electron chi connectivity index (χ3n) is 3.24. The van der Waals surface area contributed by atoms with Gasteiger partial charge >= 0.3 is 0 Å². The van der Waals surface area contributed by atoms with Gasteiger partial charge in [-0.25, -0.2) is 0 Å². The molecule has 1 N–H and O–H groups in total. The lowest BCUT2D eigenvalue weighted by Crippen LogP contribution is -2.42. The standard InChI is InChI=1S/C11H23N3O/c1-9(12-3)7-14-6-5-11(15)13(4)10(2)8-14/h9-10,12H,5-8H2,1-4H3.